The van der Waals surface area contributed by atoms with Gasteiger partial charge in [0, 0.05) is 24.2 Å². The number of halogens is 2. The standard InChI is InChI=1S/C21H19ClFN5O2S2/c1-12(15-4-2-3-13-5-6-24-9-16(13)15)28-11-14-7-19(17(23)8-18(14)26-28)32(29,30)27-21-25-10-20(22)31-21/h2-4,7-8,10-12,24H,5-6,9H2,1H3,(H,25,27). The van der Waals surface area contributed by atoms with E-state index in [2.05, 4.69) is 32.3 Å². The largest absolute Gasteiger partial charge is 0.312 e. The molecule has 5 rings (SSSR count). The van der Waals surface area contributed by atoms with Gasteiger partial charge in [0.2, 0.25) is 0 Å². The van der Waals surface area contributed by atoms with Gasteiger partial charge in [-0.25, -0.2) is 17.8 Å². The molecule has 3 heterocycles. The minimum atomic E-state index is -4.18. The summed E-state index contributed by atoms with van der Waals surface area (Å²) in [6.45, 7) is 3.77. The zero-order valence-corrected chi connectivity index (χ0v) is 19.4. The van der Waals surface area contributed by atoms with E-state index in [-0.39, 0.29) is 11.2 Å². The smallest absolute Gasteiger partial charge is 0.266 e. The number of hydrogen-bond acceptors (Lipinski definition) is 6. The van der Waals surface area contributed by atoms with Crippen LogP contribution in [0.15, 0.2) is 47.6 Å². The van der Waals surface area contributed by atoms with E-state index in [0.717, 1.165) is 42.5 Å². The number of sulfonamides is 1. The van der Waals surface area contributed by atoms with E-state index in [9.17, 15) is 12.8 Å². The third-order valence-electron chi connectivity index (χ3n) is 5.59. The Kier molecular flexibility index (Phi) is 5.40. The summed E-state index contributed by atoms with van der Waals surface area (Å²) in [6, 6.07) is 8.59. The van der Waals surface area contributed by atoms with Gasteiger partial charge in [-0.2, -0.15) is 5.10 Å². The Bertz CT molecular complexity index is 1430. The maximum absolute atomic E-state index is 14.8. The third-order valence-corrected chi connectivity index (χ3v) is 8.11. The molecule has 1 aliphatic rings. The zero-order chi connectivity index (χ0) is 22.5. The summed E-state index contributed by atoms with van der Waals surface area (Å²) in [5.41, 5.74) is 4.09. The third kappa shape index (κ3) is 3.88. The van der Waals surface area contributed by atoms with E-state index in [1.807, 2.05) is 13.0 Å². The van der Waals surface area contributed by atoms with E-state index >= 15 is 0 Å². The second-order valence-corrected chi connectivity index (χ2v) is 10.9. The number of thiazole rings is 1. The lowest BCUT2D eigenvalue weighted by Gasteiger charge is -2.23. The van der Waals surface area contributed by atoms with E-state index < -0.39 is 20.7 Å². The average Bonchev–Trinajstić information content (AvgIpc) is 3.37. The summed E-state index contributed by atoms with van der Waals surface area (Å²) in [4.78, 5) is 3.40. The first kappa shape index (κ1) is 21.3. The van der Waals surface area contributed by atoms with Crippen LogP contribution in [0, 0.1) is 5.82 Å². The predicted octanol–water partition coefficient (Wildman–Crippen LogP) is 4.34. The van der Waals surface area contributed by atoms with Crippen molar-refractivity contribution in [2.75, 3.05) is 11.3 Å². The van der Waals surface area contributed by atoms with Gasteiger partial charge < -0.3 is 5.32 Å². The van der Waals surface area contributed by atoms with Crippen molar-refractivity contribution >= 4 is 49.0 Å². The summed E-state index contributed by atoms with van der Waals surface area (Å²) >= 11 is 6.76. The molecule has 2 aromatic heterocycles. The molecule has 7 nitrogen and oxygen atoms in total. The molecule has 11 heteroatoms. The molecule has 0 fully saturated rings. The lowest BCUT2D eigenvalue weighted by molar-refractivity contribution is 0.551. The second-order valence-electron chi connectivity index (χ2n) is 7.61. The fourth-order valence-electron chi connectivity index (χ4n) is 3.99. The first-order valence-electron chi connectivity index (χ1n) is 9.96. The van der Waals surface area contributed by atoms with Crippen LogP contribution in [0.1, 0.15) is 29.7 Å². The number of benzene rings is 2. The molecule has 0 aliphatic carbocycles. The molecular formula is C21H19ClFN5O2S2. The molecule has 0 saturated carbocycles. The minimum absolute atomic E-state index is 0.0706. The van der Waals surface area contributed by atoms with Gasteiger partial charge >= 0.3 is 0 Å². The number of nitrogens with one attached hydrogen (secondary N) is 2. The van der Waals surface area contributed by atoms with Gasteiger partial charge in [0.1, 0.15) is 15.0 Å². The molecule has 2 aromatic carbocycles. The van der Waals surface area contributed by atoms with Crippen molar-refractivity contribution in [1.29, 1.82) is 0 Å². The van der Waals surface area contributed by atoms with Gasteiger partial charge in [-0.3, -0.25) is 9.40 Å². The Labute approximate surface area is 193 Å². The molecule has 32 heavy (non-hydrogen) atoms. The van der Waals surface area contributed by atoms with Crippen LogP contribution in [-0.4, -0.2) is 29.7 Å². The summed E-state index contributed by atoms with van der Waals surface area (Å²) in [5, 5.41) is 8.52. The van der Waals surface area contributed by atoms with Gasteiger partial charge in [-0.1, -0.05) is 41.1 Å². The van der Waals surface area contributed by atoms with Crippen molar-refractivity contribution in [3.8, 4) is 0 Å². The number of hydrogen-bond donors (Lipinski definition) is 2. The molecule has 1 unspecified atom stereocenters. The maximum atomic E-state index is 14.8. The van der Waals surface area contributed by atoms with Crippen molar-refractivity contribution in [3.63, 3.8) is 0 Å². The topological polar surface area (TPSA) is 88.9 Å². The first-order valence-corrected chi connectivity index (χ1v) is 12.6. The van der Waals surface area contributed by atoms with E-state index in [1.54, 1.807) is 10.9 Å². The van der Waals surface area contributed by atoms with Gasteiger partial charge in [0.25, 0.3) is 10.0 Å². The molecule has 0 amide bonds. The van der Waals surface area contributed by atoms with E-state index in [1.165, 1.54) is 23.4 Å². The van der Waals surface area contributed by atoms with Crippen molar-refractivity contribution < 1.29 is 12.8 Å². The van der Waals surface area contributed by atoms with Crippen LogP contribution in [0.25, 0.3) is 10.9 Å². The van der Waals surface area contributed by atoms with E-state index in [0.29, 0.717) is 15.2 Å². The molecule has 0 radical (unpaired) electrons. The van der Waals surface area contributed by atoms with Crippen molar-refractivity contribution in [1.82, 2.24) is 20.1 Å². The van der Waals surface area contributed by atoms with Crippen LogP contribution in [0.4, 0.5) is 9.52 Å². The summed E-state index contributed by atoms with van der Waals surface area (Å²) < 4.78 is 44.6. The van der Waals surface area contributed by atoms with E-state index in [4.69, 9.17) is 11.6 Å². The highest BCUT2D eigenvalue weighted by Gasteiger charge is 2.24. The Hall–Kier alpha value is -2.53. The van der Waals surface area contributed by atoms with Crippen LogP contribution in [-0.2, 0) is 23.0 Å². The molecule has 0 bridgehead atoms. The summed E-state index contributed by atoms with van der Waals surface area (Å²) in [6.07, 6.45) is 4.04. The maximum Gasteiger partial charge on any atom is 0.266 e. The Morgan fingerprint density at radius 3 is 2.97 bits per heavy atom. The van der Waals surface area contributed by atoms with Crippen molar-refractivity contribution in [3.05, 3.63) is 69.6 Å². The molecule has 1 atom stereocenters. The molecule has 2 N–H and O–H groups in total. The quantitative estimate of drug-likeness (QED) is 0.433. The molecule has 0 saturated heterocycles. The monoisotopic (exact) mass is 491 g/mol. The van der Waals surface area contributed by atoms with Gasteiger partial charge in [0.05, 0.1) is 17.8 Å². The van der Waals surface area contributed by atoms with Crippen LogP contribution in [0.3, 0.4) is 0 Å². The van der Waals surface area contributed by atoms with Crippen LogP contribution in [0.5, 0.6) is 0 Å². The number of nitrogens with zero attached hydrogens (tertiary/aromatic N) is 3. The summed E-state index contributed by atoms with van der Waals surface area (Å²) in [5.74, 6) is -0.883. The Morgan fingerprint density at radius 2 is 2.19 bits per heavy atom. The first-order chi connectivity index (χ1) is 15.3. The highest BCUT2D eigenvalue weighted by atomic mass is 35.5. The Morgan fingerprint density at radius 1 is 1.34 bits per heavy atom. The minimum Gasteiger partial charge on any atom is -0.312 e. The number of rotatable bonds is 5. The highest BCUT2D eigenvalue weighted by Crippen LogP contribution is 2.30. The number of anilines is 1. The summed E-state index contributed by atoms with van der Waals surface area (Å²) in [7, 11) is -4.18. The average molecular weight is 492 g/mol. The predicted molar refractivity (Wildman–Crippen MR) is 123 cm³/mol. The normalized spacial score (nSPS) is 15.0. The van der Waals surface area contributed by atoms with Crippen LogP contribution in [0.2, 0.25) is 4.34 Å². The molecule has 0 spiro atoms. The lowest BCUT2D eigenvalue weighted by Crippen LogP contribution is -2.26. The number of fused-ring (bicyclic) bond motifs is 2. The van der Waals surface area contributed by atoms with Gasteiger partial charge in [0.15, 0.2) is 5.13 Å². The lowest BCUT2D eigenvalue weighted by atomic mass is 9.93. The SMILES string of the molecule is CC(c1cccc2c1CNCC2)n1cc2cc(S(=O)(=O)Nc3ncc(Cl)s3)c(F)cc2n1. The van der Waals surface area contributed by atoms with Crippen LogP contribution >= 0.6 is 22.9 Å². The number of aromatic nitrogens is 3. The molecule has 4 aromatic rings. The van der Waals surface area contributed by atoms with Gasteiger partial charge in [-0.05, 0) is 42.6 Å². The fraction of sp³-hybridized carbons (Fsp3) is 0.238. The van der Waals surface area contributed by atoms with Crippen LogP contribution < -0.4 is 10.0 Å². The molecule has 1 aliphatic heterocycles. The second kappa shape index (κ2) is 8.11. The molecular weight excluding hydrogens is 473 g/mol. The molecule has 166 valence electrons. The Balaban J connectivity index is 1.51. The fourth-order valence-corrected chi connectivity index (χ4v) is 6.14. The highest BCUT2D eigenvalue weighted by molar-refractivity contribution is 7.93. The van der Waals surface area contributed by atoms with Crippen molar-refractivity contribution in [2.24, 2.45) is 0 Å². The van der Waals surface area contributed by atoms with Crippen molar-refractivity contribution in [2.45, 2.75) is 30.8 Å². The van der Waals surface area contributed by atoms with Gasteiger partial charge in [-0.15, -0.1) is 0 Å². The zero-order valence-electron chi connectivity index (χ0n) is 17.0.